The number of carbonyl (C=O) groups excluding carboxylic acids is 1. The number of H-pyrrole nitrogens is 1. The quantitative estimate of drug-likeness (QED) is 0.266. The Morgan fingerprint density at radius 3 is 2.61 bits per heavy atom. The summed E-state index contributed by atoms with van der Waals surface area (Å²) in [5.41, 5.74) is 5.92. The van der Waals surface area contributed by atoms with Crippen molar-refractivity contribution in [3.63, 3.8) is 0 Å². The molecule has 5 rings (SSSR count). The van der Waals surface area contributed by atoms with Crippen molar-refractivity contribution in [3.05, 3.63) is 107 Å². The van der Waals surface area contributed by atoms with Gasteiger partial charge in [0.05, 0.1) is 12.6 Å². The Morgan fingerprint density at radius 2 is 1.87 bits per heavy atom. The molecule has 1 aliphatic rings. The van der Waals surface area contributed by atoms with E-state index in [9.17, 15) is 9.90 Å². The van der Waals surface area contributed by atoms with E-state index in [0.717, 1.165) is 27.8 Å². The summed E-state index contributed by atoms with van der Waals surface area (Å²) in [6.07, 6.45) is 1.68. The van der Waals surface area contributed by atoms with Crippen LogP contribution in [0.15, 0.2) is 73.3 Å². The highest BCUT2D eigenvalue weighted by Gasteiger charge is 2.43. The molecule has 2 N–H and O–H groups in total. The molecule has 0 radical (unpaired) electrons. The molecule has 1 unspecified atom stereocenters. The van der Waals surface area contributed by atoms with Crippen LogP contribution in [0, 0.1) is 13.8 Å². The first-order valence-corrected chi connectivity index (χ1v) is 12.7. The van der Waals surface area contributed by atoms with Gasteiger partial charge in [0.1, 0.15) is 23.7 Å². The lowest BCUT2D eigenvalue weighted by Gasteiger charge is -2.27. The molecule has 194 valence electrons. The first-order valence-electron chi connectivity index (χ1n) is 12.7. The fraction of sp³-hybridized carbons (Fsp3) is 0.226. The number of carbonyl (C=O) groups is 1. The van der Waals surface area contributed by atoms with Crippen molar-refractivity contribution in [2.75, 3.05) is 13.2 Å². The third-order valence-corrected chi connectivity index (χ3v) is 6.70. The summed E-state index contributed by atoms with van der Waals surface area (Å²) in [5, 5.41) is 18.5. The van der Waals surface area contributed by atoms with Crippen molar-refractivity contribution in [1.82, 2.24) is 15.1 Å². The van der Waals surface area contributed by atoms with E-state index < -0.39 is 6.04 Å². The van der Waals surface area contributed by atoms with E-state index in [-0.39, 0.29) is 11.7 Å². The van der Waals surface area contributed by atoms with Gasteiger partial charge in [-0.25, -0.2) is 0 Å². The molecule has 1 amide bonds. The minimum atomic E-state index is -0.459. The minimum Gasteiger partial charge on any atom is -0.507 e. The number of rotatable bonds is 9. The Morgan fingerprint density at radius 1 is 1.08 bits per heavy atom. The standard InChI is InChI=1S/C31H31N3O4/c1-5-14-38-24-13-12-22(17-25(24)37-6-2)29-26-27(23-16-19(3)15-20(4)30(23)35)32-33-28(26)31(36)34(29)18-21-10-8-7-9-11-21/h5,7-13,15-17,29,35H,1,6,14,18H2,2-4H3,(H,32,33). The number of phenols is 1. The predicted molar refractivity (Wildman–Crippen MR) is 147 cm³/mol. The zero-order valence-electron chi connectivity index (χ0n) is 21.8. The third-order valence-electron chi connectivity index (χ3n) is 6.70. The molecule has 1 atom stereocenters. The summed E-state index contributed by atoms with van der Waals surface area (Å²) in [6, 6.07) is 19.0. The molecule has 1 aliphatic heterocycles. The second kappa shape index (κ2) is 10.5. The van der Waals surface area contributed by atoms with Crippen LogP contribution in [0.3, 0.4) is 0 Å². The van der Waals surface area contributed by atoms with Gasteiger partial charge in [0.15, 0.2) is 11.5 Å². The Kier molecular flexibility index (Phi) is 6.92. The van der Waals surface area contributed by atoms with E-state index in [2.05, 4.69) is 16.8 Å². The van der Waals surface area contributed by atoms with Gasteiger partial charge < -0.3 is 19.5 Å². The zero-order valence-corrected chi connectivity index (χ0v) is 21.8. The Balaban J connectivity index is 1.68. The third kappa shape index (κ3) is 4.52. The SMILES string of the molecule is C=CCOc1ccc(C2c3c(-c4cc(C)cc(C)c4O)n[nH]c3C(=O)N2Cc2ccccc2)cc1OCC. The van der Waals surface area contributed by atoms with Gasteiger partial charge in [0.2, 0.25) is 0 Å². The van der Waals surface area contributed by atoms with Gasteiger partial charge in [-0.1, -0.05) is 55.1 Å². The van der Waals surface area contributed by atoms with E-state index in [1.807, 2.05) is 86.3 Å². The van der Waals surface area contributed by atoms with Crippen molar-refractivity contribution in [2.45, 2.75) is 33.4 Å². The van der Waals surface area contributed by atoms with E-state index in [1.165, 1.54) is 0 Å². The van der Waals surface area contributed by atoms with E-state index in [0.29, 0.717) is 48.2 Å². The highest BCUT2D eigenvalue weighted by molar-refractivity contribution is 6.00. The van der Waals surface area contributed by atoms with Crippen LogP contribution in [0.2, 0.25) is 0 Å². The summed E-state index contributed by atoms with van der Waals surface area (Å²) in [7, 11) is 0. The summed E-state index contributed by atoms with van der Waals surface area (Å²) >= 11 is 0. The smallest absolute Gasteiger partial charge is 0.273 e. The number of benzene rings is 3. The highest BCUT2D eigenvalue weighted by Crippen LogP contribution is 2.47. The van der Waals surface area contributed by atoms with Crippen LogP contribution in [0.5, 0.6) is 17.2 Å². The normalized spacial score (nSPS) is 14.4. The van der Waals surface area contributed by atoms with Crippen molar-refractivity contribution in [2.24, 2.45) is 0 Å². The lowest BCUT2D eigenvalue weighted by Crippen LogP contribution is -2.29. The minimum absolute atomic E-state index is 0.151. The molecule has 0 fully saturated rings. The maximum absolute atomic E-state index is 13.8. The number of aryl methyl sites for hydroxylation is 2. The molecule has 38 heavy (non-hydrogen) atoms. The molecule has 4 aromatic rings. The van der Waals surface area contributed by atoms with Crippen LogP contribution in [-0.4, -0.2) is 39.3 Å². The Labute approximate surface area is 222 Å². The first kappa shape index (κ1) is 25.1. The average molecular weight is 510 g/mol. The molecule has 1 aromatic heterocycles. The summed E-state index contributed by atoms with van der Waals surface area (Å²) in [5.74, 6) is 1.20. The van der Waals surface area contributed by atoms with Crippen LogP contribution < -0.4 is 9.47 Å². The van der Waals surface area contributed by atoms with Crippen molar-refractivity contribution >= 4 is 5.91 Å². The maximum atomic E-state index is 13.8. The summed E-state index contributed by atoms with van der Waals surface area (Å²) < 4.78 is 11.7. The van der Waals surface area contributed by atoms with Crippen LogP contribution in [0.4, 0.5) is 0 Å². The average Bonchev–Trinajstić information content (AvgIpc) is 3.45. The first-order chi connectivity index (χ1) is 18.4. The van der Waals surface area contributed by atoms with Gasteiger partial charge in [-0.15, -0.1) is 0 Å². The molecule has 2 heterocycles. The number of nitrogens with zero attached hydrogens (tertiary/aromatic N) is 2. The summed E-state index contributed by atoms with van der Waals surface area (Å²) in [6.45, 7) is 10.7. The van der Waals surface area contributed by atoms with Gasteiger partial charge >= 0.3 is 0 Å². The molecule has 7 nitrogen and oxygen atoms in total. The number of amides is 1. The Hall–Kier alpha value is -4.52. The topological polar surface area (TPSA) is 87.7 Å². The number of fused-ring (bicyclic) bond motifs is 1. The number of aromatic hydroxyl groups is 1. The van der Waals surface area contributed by atoms with Crippen LogP contribution in [0.1, 0.15) is 51.3 Å². The zero-order chi connectivity index (χ0) is 26.8. The predicted octanol–water partition coefficient (Wildman–Crippen LogP) is 6.11. The number of hydrogen-bond acceptors (Lipinski definition) is 5. The summed E-state index contributed by atoms with van der Waals surface area (Å²) in [4.78, 5) is 15.6. The van der Waals surface area contributed by atoms with Gasteiger partial charge in [-0.2, -0.15) is 5.10 Å². The largest absolute Gasteiger partial charge is 0.507 e. The number of phenolic OH excluding ortho intramolecular Hbond substituents is 1. The number of hydrogen-bond donors (Lipinski definition) is 2. The fourth-order valence-corrected chi connectivity index (χ4v) is 5.06. The molecule has 0 bridgehead atoms. The number of aromatic nitrogens is 2. The van der Waals surface area contributed by atoms with Gasteiger partial charge in [0, 0.05) is 17.7 Å². The fourth-order valence-electron chi connectivity index (χ4n) is 5.06. The van der Waals surface area contributed by atoms with E-state index in [4.69, 9.17) is 9.47 Å². The molecule has 0 aliphatic carbocycles. The van der Waals surface area contributed by atoms with Crippen molar-refractivity contribution in [3.8, 4) is 28.5 Å². The van der Waals surface area contributed by atoms with Crippen LogP contribution in [0.25, 0.3) is 11.3 Å². The van der Waals surface area contributed by atoms with Crippen LogP contribution >= 0.6 is 0 Å². The highest BCUT2D eigenvalue weighted by atomic mass is 16.5. The Bertz CT molecular complexity index is 1490. The van der Waals surface area contributed by atoms with Gasteiger partial charge in [-0.3, -0.25) is 9.89 Å². The molecular weight excluding hydrogens is 478 g/mol. The van der Waals surface area contributed by atoms with Gasteiger partial charge in [0.25, 0.3) is 5.91 Å². The monoisotopic (exact) mass is 509 g/mol. The second-order valence-corrected chi connectivity index (χ2v) is 9.40. The number of aromatic amines is 1. The van der Waals surface area contributed by atoms with Gasteiger partial charge in [-0.05, 0) is 61.2 Å². The molecular formula is C31H31N3O4. The lowest BCUT2D eigenvalue weighted by atomic mass is 9.93. The second-order valence-electron chi connectivity index (χ2n) is 9.40. The molecule has 0 saturated heterocycles. The maximum Gasteiger partial charge on any atom is 0.273 e. The molecule has 7 heteroatoms. The van der Waals surface area contributed by atoms with Crippen LogP contribution in [-0.2, 0) is 6.54 Å². The number of ether oxygens (including phenoxy) is 2. The molecule has 0 spiro atoms. The van der Waals surface area contributed by atoms with E-state index >= 15 is 0 Å². The van der Waals surface area contributed by atoms with Crippen molar-refractivity contribution in [1.29, 1.82) is 0 Å². The molecule has 0 saturated carbocycles. The van der Waals surface area contributed by atoms with Crippen molar-refractivity contribution < 1.29 is 19.4 Å². The lowest BCUT2D eigenvalue weighted by molar-refractivity contribution is 0.0729. The number of nitrogens with one attached hydrogen (secondary N) is 1. The molecule has 3 aromatic carbocycles. The van der Waals surface area contributed by atoms with E-state index in [1.54, 1.807) is 6.08 Å².